The van der Waals surface area contributed by atoms with Crippen LogP contribution in [-0.4, -0.2) is 134 Å². The third kappa shape index (κ3) is 17.3. The van der Waals surface area contributed by atoms with E-state index >= 15 is 0 Å². The van der Waals surface area contributed by atoms with Crippen molar-refractivity contribution in [1.82, 2.24) is 59.8 Å². The Bertz CT molecular complexity index is 4300. The van der Waals surface area contributed by atoms with Crippen LogP contribution in [0.4, 0.5) is 0 Å². The van der Waals surface area contributed by atoms with Crippen molar-refractivity contribution >= 4 is 87.3 Å². The van der Waals surface area contributed by atoms with Gasteiger partial charge < -0.3 is 57.8 Å². The second-order valence-electron chi connectivity index (χ2n) is 21.8. The van der Waals surface area contributed by atoms with E-state index in [9.17, 15) is 16.8 Å². The summed E-state index contributed by atoms with van der Waals surface area (Å²) in [7, 11) is 7.63. The Labute approximate surface area is 586 Å². The van der Waals surface area contributed by atoms with Gasteiger partial charge in [0.05, 0.1) is 190 Å². The number of aryl methyl sites for hydroxylation is 4. The molecule has 8 aromatic heterocycles. The molecule has 0 aliphatic heterocycles. The Morgan fingerprint density at radius 1 is 0.309 bits per heavy atom. The van der Waals surface area contributed by atoms with Crippen LogP contribution in [-0.2, 0) is 87.9 Å². The van der Waals surface area contributed by atoms with Crippen LogP contribution in [0, 0.1) is 55.4 Å². The standard InChI is InChI=1S/4C17H19N3O3S.Ti/c4*1-10-8-18-15(11(2)16(10)23-4)9-24(21)17-19-13-6-5-12(22-3)7-14(13)20-17;/h4*5-8H,9H2,1-4H3,(H,19,20);. The average molecular weight is 1430 g/mol. The number of pyridine rings is 4. The van der Waals surface area contributed by atoms with Gasteiger partial charge in [-0.2, -0.15) is 0 Å². The van der Waals surface area contributed by atoms with Crippen LogP contribution in [0.2, 0.25) is 0 Å². The minimum absolute atomic E-state index is 0. The molecule has 29 heteroatoms. The Kier molecular flexibility index (Phi) is 25.4. The number of aromatic nitrogens is 12. The number of H-pyrrole nitrogens is 4. The monoisotopic (exact) mass is 1430 g/mol. The molecule has 4 aromatic carbocycles. The molecule has 0 fully saturated rings. The molecule has 24 nitrogen and oxygen atoms in total. The molecule has 4 atom stereocenters. The quantitative estimate of drug-likeness (QED) is 0.0515. The fraction of sp³-hybridized carbons (Fsp3) is 0.294. The van der Waals surface area contributed by atoms with Crippen molar-refractivity contribution in [2.75, 3.05) is 56.9 Å². The number of hydrogen-bond donors (Lipinski definition) is 4. The number of methoxy groups -OCH3 is 8. The number of nitrogens with zero attached hydrogens (tertiary/aromatic N) is 8. The van der Waals surface area contributed by atoms with Crippen molar-refractivity contribution < 1.29 is 76.4 Å². The van der Waals surface area contributed by atoms with E-state index in [1.807, 2.05) is 128 Å². The van der Waals surface area contributed by atoms with Gasteiger partial charge in [0, 0.05) is 115 Å². The molecular weight excluding hydrogens is 1350 g/mol. The Morgan fingerprint density at radius 3 is 0.680 bits per heavy atom. The van der Waals surface area contributed by atoms with E-state index in [-0.39, 0.29) is 44.7 Å². The number of nitrogens with one attached hydrogen (secondary N) is 4. The summed E-state index contributed by atoms with van der Waals surface area (Å²) in [5.74, 6) is 7.15. The second-order valence-corrected chi connectivity index (χ2v) is 27.3. The summed E-state index contributed by atoms with van der Waals surface area (Å²) < 4.78 is 93.1. The molecule has 0 spiro atoms. The van der Waals surface area contributed by atoms with Gasteiger partial charge in [-0.25, -0.2) is 19.9 Å². The minimum Gasteiger partial charge on any atom is -0.497 e. The van der Waals surface area contributed by atoms with E-state index in [0.29, 0.717) is 20.6 Å². The zero-order valence-corrected chi connectivity index (χ0v) is 61.5. The summed E-state index contributed by atoms with van der Waals surface area (Å²) >= 11 is 0. The van der Waals surface area contributed by atoms with Crippen LogP contribution in [0.3, 0.4) is 0 Å². The predicted molar refractivity (Wildman–Crippen MR) is 372 cm³/mol. The Balaban J connectivity index is 0.000000165. The molecule has 0 radical (unpaired) electrons. The van der Waals surface area contributed by atoms with Gasteiger partial charge in [0.1, 0.15) is 46.0 Å². The molecule has 8 heterocycles. The van der Waals surface area contributed by atoms with Crippen LogP contribution in [0.15, 0.2) is 118 Å². The van der Waals surface area contributed by atoms with Crippen LogP contribution >= 0.6 is 0 Å². The van der Waals surface area contributed by atoms with Gasteiger partial charge in [-0.1, -0.05) is 0 Å². The molecule has 0 aliphatic carbocycles. The number of imidazole rings is 4. The first-order valence-corrected chi connectivity index (χ1v) is 35.0. The van der Waals surface area contributed by atoms with Crippen molar-refractivity contribution in [3.63, 3.8) is 0 Å². The SMILES string of the molecule is COc1ccc2nc(S(=O)Cc3ncc(C)c(OC)c3C)[nH]c2c1.COc1ccc2nc(S(=O)Cc3ncc(C)c(OC)c3C)[nH]c2c1.COc1ccc2nc(S(=O)Cc3ncc(C)c(OC)c3C)[nH]c2c1.COc1ccc2nc(S(=O)Cc3ncc(C)c(OC)c3C)[nH]c2c1.[Ti]. The summed E-state index contributed by atoms with van der Waals surface area (Å²) in [5.41, 5.74) is 16.6. The average Bonchev–Trinajstić information content (AvgIpc) is 1.66. The van der Waals surface area contributed by atoms with Gasteiger partial charge in [-0.15, -0.1) is 0 Å². The number of rotatable bonds is 20. The van der Waals surface area contributed by atoms with Crippen molar-refractivity contribution in [1.29, 1.82) is 0 Å². The first kappa shape index (κ1) is 73.9. The second kappa shape index (κ2) is 33.4. The summed E-state index contributed by atoms with van der Waals surface area (Å²) in [6.07, 6.45) is 6.95. The summed E-state index contributed by atoms with van der Waals surface area (Å²) in [6.45, 7) is 15.4. The largest absolute Gasteiger partial charge is 0.497 e. The Morgan fingerprint density at radius 2 is 0.505 bits per heavy atom. The zero-order chi connectivity index (χ0) is 69.1. The van der Waals surface area contributed by atoms with E-state index in [1.165, 1.54) is 0 Å². The van der Waals surface area contributed by atoms with E-state index in [1.54, 1.807) is 81.7 Å². The molecule has 97 heavy (non-hydrogen) atoms. The van der Waals surface area contributed by atoms with E-state index in [0.717, 1.165) is 157 Å². The maximum Gasteiger partial charge on any atom is 0.197 e. The third-order valence-corrected chi connectivity index (χ3v) is 20.2. The Hall–Kier alpha value is -8.93. The van der Waals surface area contributed by atoms with Gasteiger partial charge >= 0.3 is 0 Å². The number of hydrogen-bond acceptors (Lipinski definition) is 20. The van der Waals surface area contributed by atoms with Crippen molar-refractivity contribution in [2.45, 2.75) is 99.0 Å². The molecule has 0 saturated heterocycles. The number of fused-ring (bicyclic) bond motifs is 4. The van der Waals surface area contributed by atoms with Crippen molar-refractivity contribution in [2.24, 2.45) is 0 Å². The van der Waals surface area contributed by atoms with Gasteiger partial charge in [0.25, 0.3) is 0 Å². The van der Waals surface area contributed by atoms with E-state index in [2.05, 4.69) is 59.8 Å². The fourth-order valence-corrected chi connectivity index (χ4v) is 14.8. The fourth-order valence-electron chi connectivity index (χ4n) is 10.4. The van der Waals surface area contributed by atoms with Gasteiger partial charge in [0.2, 0.25) is 0 Å². The van der Waals surface area contributed by atoms with Gasteiger partial charge in [-0.05, 0) is 104 Å². The normalized spacial score (nSPS) is 12.2. The molecule has 0 bridgehead atoms. The third-order valence-electron chi connectivity index (χ3n) is 15.6. The summed E-state index contributed by atoms with van der Waals surface area (Å²) in [5, 5.41) is 1.72. The smallest absolute Gasteiger partial charge is 0.197 e. The van der Waals surface area contributed by atoms with Crippen LogP contribution in [0.1, 0.15) is 67.3 Å². The van der Waals surface area contributed by atoms with Crippen LogP contribution in [0.25, 0.3) is 44.1 Å². The van der Waals surface area contributed by atoms with Crippen molar-refractivity contribution in [3.8, 4) is 46.0 Å². The molecule has 12 aromatic rings. The summed E-state index contributed by atoms with van der Waals surface area (Å²) in [4.78, 5) is 47.6. The molecule has 508 valence electrons. The van der Waals surface area contributed by atoms with Crippen LogP contribution in [0.5, 0.6) is 46.0 Å². The first-order chi connectivity index (χ1) is 46.1. The van der Waals surface area contributed by atoms with Gasteiger partial charge in [0.15, 0.2) is 20.6 Å². The van der Waals surface area contributed by atoms with E-state index < -0.39 is 43.2 Å². The molecule has 12 rings (SSSR count). The zero-order valence-electron chi connectivity index (χ0n) is 56.7. The van der Waals surface area contributed by atoms with E-state index in [4.69, 9.17) is 37.9 Å². The molecule has 0 amide bonds. The number of ether oxygens (including phenoxy) is 8. The molecule has 0 saturated carbocycles. The predicted octanol–water partition coefficient (Wildman–Crippen LogP) is 11.6. The molecule has 4 N–H and O–H groups in total. The first-order valence-electron chi connectivity index (χ1n) is 29.8. The molecular formula is C68H76N12O12S4Ti. The minimum atomic E-state index is -1.33. The number of aromatic amines is 4. The molecule has 0 aliphatic rings. The van der Waals surface area contributed by atoms with Gasteiger partial charge in [-0.3, -0.25) is 36.8 Å². The van der Waals surface area contributed by atoms with Crippen LogP contribution < -0.4 is 37.9 Å². The number of benzene rings is 4. The topological polar surface area (TPSA) is 308 Å². The summed E-state index contributed by atoms with van der Waals surface area (Å²) in [6, 6.07) is 22.0. The van der Waals surface area contributed by atoms with Crippen molar-refractivity contribution in [3.05, 3.63) is 165 Å². The molecule has 4 unspecified atom stereocenters. The maximum atomic E-state index is 12.7. The maximum absolute atomic E-state index is 12.7.